The molecule has 7 nitrogen and oxygen atoms in total. The van der Waals surface area contributed by atoms with E-state index >= 15 is 0 Å². The van der Waals surface area contributed by atoms with E-state index in [1.165, 1.54) is 4.68 Å². The molecule has 3 N–H and O–H groups in total. The lowest BCUT2D eigenvalue weighted by Crippen LogP contribution is -2.16. The van der Waals surface area contributed by atoms with Gasteiger partial charge < -0.3 is 15.6 Å². The standard InChI is InChI=1S/C14H18N4O3/c1-10-2-4-11(5-3-10)21-9-8-18-12(6-7-15)13(14(19)20)16-17-18/h2-5H,6-9,15H2,1H3,(H,19,20). The topological polar surface area (TPSA) is 103 Å². The van der Waals surface area contributed by atoms with Crippen molar-refractivity contribution in [3.8, 4) is 5.75 Å². The van der Waals surface area contributed by atoms with E-state index in [0.717, 1.165) is 11.3 Å². The molecule has 1 aromatic heterocycles. The van der Waals surface area contributed by atoms with Gasteiger partial charge in [-0.05, 0) is 25.6 Å². The van der Waals surface area contributed by atoms with E-state index in [1.54, 1.807) is 0 Å². The number of hydrogen-bond acceptors (Lipinski definition) is 5. The smallest absolute Gasteiger partial charge is 0.358 e. The van der Waals surface area contributed by atoms with Gasteiger partial charge in [0.05, 0.1) is 12.2 Å². The Morgan fingerprint density at radius 3 is 2.71 bits per heavy atom. The number of aromatic carboxylic acids is 1. The van der Waals surface area contributed by atoms with E-state index in [9.17, 15) is 4.79 Å². The Labute approximate surface area is 122 Å². The van der Waals surface area contributed by atoms with Gasteiger partial charge in [0.25, 0.3) is 0 Å². The SMILES string of the molecule is Cc1ccc(OCCn2nnc(C(=O)O)c2CCN)cc1. The Morgan fingerprint density at radius 2 is 2.10 bits per heavy atom. The number of benzene rings is 1. The van der Waals surface area contributed by atoms with E-state index in [-0.39, 0.29) is 5.69 Å². The number of aromatic nitrogens is 3. The van der Waals surface area contributed by atoms with Crippen molar-refractivity contribution in [2.45, 2.75) is 19.9 Å². The maximum Gasteiger partial charge on any atom is 0.358 e. The van der Waals surface area contributed by atoms with Crippen LogP contribution in [-0.4, -0.2) is 39.2 Å². The third-order valence-electron chi connectivity index (χ3n) is 3.01. The van der Waals surface area contributed by atoms with Crippen LogP contribution in [0.25, 0.3) is 0 Å². The van der Waals surface area contributed by atoms with Crippen LogP contribution in [0.1, 0.15) is 21.7 Å². The average molecular weight is 290 g/mol. The van der Waals surface area contributed by atoms with Crippen molar-refractivity contribution < 1.29 is 14.6 Å². The van der Waals surface area contributed by atoms with Crippen molar-refractivity contribution >= 4 is 5.97 Å². The van der Waals surface area contributed by atoms with Gasteiger partial charge >= 0.3 is 5.97 Å². The van der Waals surface area contributed by atoms with Crippen LogP contribution in [0, 0.1) is 6.92 Å². The van der Waals surface area contributed by atoms with Crippen molar-refractivity contribution in [1.29, 1.82) is 0 Å². The first-order valence-corrected chi connectivity index (χ1v) is 6.67. The van der Waals surface area contributed by atoms with Crippen molar-refractivity contribution in [3.63, 3.8) is 0 Å². The Morgan fingerprint density at radius 1 is 1.38 bits per heavy atom. The van der Waals surface area contributed by atoms with Crippen LogP contribution in [-0.2, 0) is 13.0 Å². The molecule has 0 unspecified atom stereocenters. The summed E-state index contributed by atoms with van der Waals surface area (Å²) in [6.07, 6.45) is 0.416. The van der Waals surface area contributed by atoms with Crippen LogP contribution in [0.4, 0.5) is 0 Å². The first-order chi connectivity index (χ1) is 10.1. The fraction of sp³-hybridized carbons (Fsp3) is 0.357. The van der Waals surface area contributed by atoms with Crippen LogP contribution >= 0.6 is 0 Å². The summed E-state index contributed by atoms with van der Waals surface area (Å²) in [4.78, 5) is 11.0. The highest BCUT2D eigenvalue weighted by molar-refractivity contribution is 5.86. The average Bonchev–Trinajstić information content (AvgIpc) is 2.85. The molecule has 0 spiro atoms. The second-order valence-electron chi connectivity index (χ2n) is 4.61. The predicted molar refractivity (Wildman–Crippen MR) is 76.4 cm³/mol. The third-order valence-corrected chi connectivity index (χ3v) is 3.01. The summed E-state index contributed by atoms with van der Waals surface area (Å²) >= 11 is 0. The number of carboxylic acid groups (broad SMARTS) is 1. The van der Waals surface area contributed by atoms with Gasteiger partial charge in [-0.1, -0.05) is 22.9 Å². The molecule has 0 atom stereocenters. The van der Waals surface area contributed by atoms with Crippen molar-refractivity contribution in [1.82, 2.24) is 15.0 Å². The molecule has 0 aliphatic carbocycles. The van der Waals surface area contributed by atoms with Crippen LogP contribution in [0.5, 0.6) is 5.75 Å². The quantitative estimate of drug-likeness (QED) is 0.784. The lowest BCUT2D eigenvalue weighted by Gasteiger charge is -2.08. The first kappa shape index (κ1) is 15.0. The number of rotatable bonds is 7. The van der Waals surface area contributed by atoms with E-state index < -0.39 is 5.97 Å². The maximum absolute atomic E-state index is 11.0. The van der Waals surface area contributed by atoms with Crippen LogP contribution < -0.4 is 10.5 Å². The number of aryl methyl sites for hydroxylation is 1. The summed E-state index contributed by atoms with van der Waals surface area (Å²) in [6.45, 7) is 3.14. The Kier molecular flexibility index (Phi) is 4.89. The molecule has 1 heterocycles. The van der Waals surface area contributed by atoms with Gasteiger partial charge in [0.1, 0.15) is 12.4 Å². The van der Waals surface area contributed by atoms with Crippen molar-refractivity contribution in [3.05, 3.63) is 41.2 Å². The Hall–Kier alpha value is -2.41. The zero-order valence-electron chi connectivity index (χ0n) is 11.8. The molecule has 0 radical (unpaired) electrons. The maximum atomic E-state index is 11.0. The normalized spacial score (nSPS) is 10.6. The summed E-state index contributed by atoms with van der Waals surface area (Å²) < 4.78 is 7.13. The largest absolute Gasteiger partial charge is 0.492 e. The molecule has 21 heavy (non-hydrogen) atoms. The molecule has 0 saturated carbocycles. The summed E-state index contributed by atoms with van der Waals surface area (Å²) in [7, 11) is 0. The Bertz CT molecular complexity index is 607. The fourth-order valence-corrected chi connectivity index (χ4v) is 1.95. The predicted octanol–water partition coefficient (Wildman–Crippen LogP) is 0.865. The van der Waals surface area contributed by atoms with E-state index in [0.29, 0.717) is 31.8 Å². The molecule has 0 saturated heterocycles. The molecular formula is C14H18N4O3. The van der Waals surface area contributed by atoms with E-state index in [1.807, 2.05) is 31.2 Å². The molecule has 0 bridgehead atoms. The van der Waals surface area contributed by atoms with Gasteiger partial charge in [-0.25, -0.2) is 9.48 Å². The van der Waals surface area contributed by atoms with Gasteiger partial charge in [0.15, 0.2) is 5.69 Å². The van der Waals surface area contributed by atoms with Gasteiger partial charge in [0.2, 0.25) is 0 Å². The molecule has 112 valence electrons. The molecule has 0 aliphatic rings. The highest BCUT2D eigenvalue weighted by atomic mass is 16.5. The van der Waals surface area contributed by atoms with Gasteiger partial charge in [-0.2, -0.15) is 0 Å². The van der Waals surface area contributed by atoms with E-state index in [4.69, 9.17) is 15.6 Å². The zero-order chi connectivity index (χ0) is 15.2. The molecule has 2 rings (SSSR count). The minimum Gasteiger partial charge on any atom is -0.492 e. The molecule has 0 aliphatic heterocycles. The minimum atomic E-state index is -1.09. The highest BCUT2D eigenvalue weighted by Crippen LogP contribution is 2.12. The first-order valence-electron chi connectivity index (χ1n) is 6.67. The lowest BCUT2D eigenvalue weighted by molar-refractivity contribution is 0.0689. The fourth-order valence-electron chi connectivity index (χ4n) is 1.95. The molecule has 0 amide bonds. The van der Waals surface area contributed by atoms with Crippen LogP contribution in [0.3, 0.4) is 0 Å². The Balaban J connectivity index is 1.99. The van der Waals surface area contributed by atoms with Gasteiger partial charge in [-0.15, -0.1) is 5.10 Å². The van der Waals surface area contributed by atoms with Crippen molar-refractivity contribution in [2.75, 3.05) is 13.2 Å². The number of nitrogens with two attached hydrogens (primary N) is 1. The molecule has 7 heteroatoms. The number of carboxylic acids is 1. The van der Waals surface area contributed by atoms with E-state index in [2.05, 4.69) is 10.3 Å². The molecule has 2 aromatic rings. The number of carbonyl (C=O) groups is 1. The van der Waals surface area contributed by atoms with Crippen LogP contribution in [0.15, 0.2) is 24.3 Å². The van der Waals surface area contributed by atoms with Gasteiger partial charge in [-0.3, -0.25) is 0 Å². The molecular weight excluding hydrogens is 272 g/mol. The molecule has 1 aromatic carbocycles. The third kappa shape index (κ3) is 3.79. The number of ether oxygens (including phenoxy) is 1. The minimum absolute atomic E-state index is 0.0456. The summed E-state index contributed by atoms with van der Waals surface area (Å²) in [5.74, 6) is -0.330. The van der Waals surface area contributed by atoms with Crippen LogP contribution in [0.2, 0.25) is 0 Å². The van der Waals surface area contributed by atoms with Crippen molar-refractivity contribution in [2.24, 2.45) is 5.73 Å². The highest BCUT2D eigenvalue weighted by Gasteiger charge is 2.17. The summed E-state index contributed by atoms with van der Waals surface area (Å²) in [6, 6.07) is 7.71. The second-order valence-corrected chi connectivity index (χ2v) is 4.61. The summed E-state index contributed by atoms with van der Waals surface area (Å²) in [5, 5.41) is 16.6. The second kappa shape index (κ2) is 6.85. The lowest BCUT2D eigenvalue weighted by atomic mass is 10.2. The number of hydrogen-bond donors (Lipinski definition) is 2. The summed E-state index contributed by atoms with van der Waals surface area (Å²) in [5.41, 5.74) is 7.14. The molecule has 0 fully saturated rings. The van der Waals surface area contributed by atoms with Gasteiger partial charge in [0, 0.05) is 6.42 Å². The zero-order valence-corrected chi connectivity index (χ0v) is 11.8. The monoisotopic (exact) mass is 290 g/mol. The number of nitrogens with zero attached hydrogens (tertiary/aromatic N) is 3.